The van der Waals surface area contributed by atoms with Gasteiger partial charge in [-0.05, 0) is 42.7 Å². The van der Waals surface area contributed by atoms with Gasteiger partial charge in [0.1, 0.15) is 18.8 Å². The van der Waals surface area contributed by atoms with Gasteiger partial charge >= 0.3 is 0 Å². The van der Waals surface area contributed by atoms with Crippen LogP contribution in [-0.4, -0.2) is 85.7 Å². The van der Waals surface area contributed by atoms with Crippen LogP contribution in [0, 0.1) is 16.7 Å². The van der Waals surface area contributed by atoms with Gasteiger partial charge in [0, 0.05) is 22.6 Å². The van der Waals surface area contributed by atoms with Crippen molar-refractivity contribution >= 4 is 28.3 Å². The Balaban J connectivity index is 1.33. The number of carbonyl (C=O) groups is 2. The molecule has 5 atom stereocenters. The smallest absolute Gasteiger partial charge is 0.264 e. The number of carbonyl (C=O) groups excluding carboxylic acids is 2. The summed E-state index contributed by atoms with van der Waals surface area (Å²) in [5.41, 5.74) is -0.197. The molecule has 3 aliphatic rings. The van der Waals surface area contributed by atoms with Crippen LogP contribution in [0.4, 0.5) is 5.13 Å². The van der Waals surface area contributed by atoms with Gasteiger partial charge in [0.25, 0.3) is 5.91 Å². The van der Waals surface area contributed by atoms with Crippen molar-refractivity contribution in [2.45, 2.75) is 51.6 Å². The standard InChI is InChI=1S/C30H42N4O6S/c1-29-9-8-24(36)30(2,19-35)23(29)17-22-27(21(29)16-25(37)31-10-11-34-12-14-39-15-13-34)33-28(41-22)32-26(38)18-40-20-6-4-3-5-7-20/h3-7,21,23-24,35-36H,8-19H2,1-2H3,(H,31,37)(H,32,33,38)/p+1/t21-,23+,24-,29+,30+/m1/s1. The Morgan fingerprint density at radius 1 is 1.20 bits per heavy atom. The second kappa shape index (κ2) is 12.7. The molecule has 10 nitrogen and oxygen atoms in total. The maximum atomic E-state index is 13.3. The van der Waals surface area contributed by atoms with Crippen LogP contribution in [0.2, 0.25) is 0 Å². The average Bonchev–Trinajstić information content (AvgIpc) is 3.38. The molecule has 1 aromatic carbocycles. The quantitative estimate of drug-likeness (QED) is 0.280. The number of thiazole rings is 1. The number of anilines is 1. The Labute approximate surface area is 245 Å². The van der Waals surface area contributed by atoms with E-state index in [1.165, 1.54) is 16.2 Å². The second-order valence-electron chi connectivity index (χ2n) is 12.2. The predicted octanol–water partition coefficient (Wildman–Crippen LogP) is 0.998. The van der Waals surface area contributed by atoms with Gasteiger partial charge < -0.3 is 29.9 Å². The maximum Gasteiger partial charge on any atom is 0.264 e. The van der Waals surface area contributed by atoms with Crippen LogP contribution in [0.15, 0.2) is 30.3 Å². The number of aliphatic hydroxyl groups is 2. The molecule has 0 bridgehead atoms. The van der Waals surface area contributed by atoms with Crippen LogP contribution in [-0.2, 0) is 20.7 Å². The van der Waals surface area contributed by atoms with Crippen molar-refractivity contribution in [3.8, 4) is 5.75 Å². The molecule has 2 amide bonds. The summed E-state index contributed by atoms with van der Waals surface area (Å²) in [6, 6.07) is 9.16. The van der Waals surface area contributed by atoms with E-state index in [4.69, 9.17) is 14.5 Å². The van der Waals surface area contributed by atoms with E-state index in [0.29, 0.717) is 30.3 Å². The fraction of sp³-hybridized carbons (Fsp3) is 0.633. The molecule has 5 rings (SSSR count). The summed E-state index contributed by atoms with van der Waals surface area (Å²) in [7, 11) is 0. The van der Waals surface area contributed by atoms with Crippen molar-refractivity contribution in [2.75, 3.05) is 57.9 Å². The van der Waals surface area contributed by atoms with Gasteiger partial charge in [-0.1, -0.05) is 32.0 Å². The van der Waals surface area contributed by atoms with Crippen molar-refractivity contribution in [1.29, 1.82) is 0 Å². The fourth-order valence-corrected chi connectivity index (χ4v) is 8.15. The zero-order valence-corrected chi connectivity index (χ0v) is 24.8. The maximum absolute atomic E-state index is 13.3. The van der Waals surface area contributed by atoms with Crippen LogP contribution >= 0.6 is 11.3 Å². The van der Waals surface area contributed by atoms with Gasteiger partial charge in [-0.15, -0.1) is 11.3 Å². The number of fused-ring (bicyclic) bond motifs is 2. The molecule has 5 N–H and O–H groups in total. The Bertz CT molecular complexity index is 1200. The van der Waals surface area contributed by atoms with Gasteiger partial charge in [0.2, 0.25) is 5.91 Å². The largest absolute Gasteiger partial charge is 0.484 e. The SMILES string of the molecule is C[C@]1(CO)[C@H]2Cc3sc(NC(=O)COc4ccccc4)nc3[C@@H](CC(=O)NCC[NH+]3CCOCC3)[C@]2(C)CC[C@H]1O. The normalized spacial score (nSPS) is 29.7. The summed E-state index contributed by atoms with van der Waals surface area (Å²) in [5.74, 6) is 0.0348. The van der Waals surface area contributed by atoms with Crippen molar-refractivity contribution < 1.29 is 34.2 Å². The Morgan fingerprint density at radius 2 is 1.95 bits per heavy atom. The molecule has 1 saturated heterocycles. The zero-order valence-electron chi connectivity index (χ0n) is 24.0. The molecule has 1 aromatic heterocycles. The average molecular weight is 588 g/mol. The molecule has 2 fully saturated rings. The summed E-state index contributed by atoms with van der Waals surface area (Å²) < 4.78 is 11.0. The number of para-hydroxylation sites is 1. The van der Waals surface area contributed by atoms with Crippen LogP contribution < -0.4 is 20.3 Å². The highest BCUT2D eigenvalue weighted by Gasteiger charge is 2.59. The number of quaternary nitrogens is 1. The molecule has 2 heterocycles. The van der Waals surface area contributed by atoms with E-state index in [1.54, 1.807) is 12.1 Å². The second-order valence-corrected chi connectivity index (χ2v) is 13.3. The minimum absolute atomic E-state index is 0.0258. The van der Waals surface area contributed by atoms with Gasteiger partial charge in [-0.3, -0.25) is 14.9 Å². The summed E-state index contributed by atoms with van der Waals surface area (Å²) >= 11 is 1.41. The summed E-state index contributed by atoms with van der Waals surface area (Å²) in [6.07, 6.45) is 1.56. The van der Waals surface area contributed by atoms with Gasteiger partial charge in [0.15, 0.2) is 11.7 Å². The Morgan fingerprint density at radius 3 is 2.68 bits per heavy atom. The highest BCUT2D eigenvalue weighted by Crippen LogP contribution is 2.62. The number of nitrogens with one attached hydrogen (secondary N) is 3. The van der Waals surface area contributed by atoms with Crippen LogP contribution in [0.1, 0.15) is 49.6 Å². The van der Waals surface area contributed by atoms with E-state index in [1.807, 2.05) is 25.1 Å². The molecule has 0 radical (unpaired) electrons. The molecule has 1 aliphatic heterocycles. The van der Waals surface area contributed by atoms with Crippen LogP contribution in [0.25, 0.3) is 0 Å². The fourth-order valence-electron chi connectivity index (χ4n) is 7.07. The van der Waals surface area contributed by atoms with E-state index in [9.17, 15) is 19.8 Å². The van der Waals surface area contributed by atoms with Crippen molar-refractivity contribution in [3.63, 3.8) is 0 Å². The first kappa shape index (κ1) is 29.9. The minimum Gasteiger partial charge on any atom is -0.484 e. The number of hydrogen-bond donors (Lipinski definition) is 5. The molecular weight excluding hydrogens is 544 g/mol. The number of hydrogen-bond acceptors (Lipinski definition) is 8. The topological polar surface area (TPSA) is 134 Å². The molecule has 224 valence electrons. The third-order valence-corrected chi connectivity index (χ3v) is 10.7. The van der Waals surface area contributed by atoms with E-state index >= 15 is 0 Å². The summed E-state index contributed by atoms with van der Waals surface area (Å²) in [5, 5.41) is 27.9. The number of morpholine rings is 1. The lowest BCUT2D eigenvalue weighted by Crippen LogP contribution is -3.14. The number of benzene rings is 1. The first-order valence-electron chi connectivity index (χ1n) is 14.7. The van der Waals surface area contributed by atoms with Crippen LogP contribution in [0.5, 0.6) is 5.75 Å². The number of aliphatic hydroxyl groups excluding tert-OH is 2. The van der Waals surface area contributed by atoms with E-state index in [2.05, 4.69) is 17.6 Å². The minimum atomic E-state index is -0.698. The molecular formula is C30H43N4O6S+. The number of rotatable bonds is 10. The molecule has 11 heteroatoms. The molecule has 2 aliphatic carbocycles. The first-order chi connectivity index (χ1) is 19.7. The predicted molar refractivity (Wildman–Crippen MR) is 155 cm³/mol. The molecule has 0 spiro atoms. The summed E-state index contributed by atoms with van der Waals surface area (Å²) in [6.45, 7) is 8.73. The number of amides is 2. The summed E-state index contributed by atoms with van der Waals surface area (Å²) in [4.78, 5) is 33.3. The van der Waals surface area contributed by atoms with Gasteiger partial charge in [0.05, 0.1) is 44.7 Å². The lowest BCUT2D eigenvalue weighted by Gasteiger charge is -2.58. The molecule has 2 aromatic rings. The Kier molecular flexibility index (Phi) is 9.30. The van der Waals surface area contributed by atoms with Gasteiger partial charge in [-0.2, -0.15) is 0 Å². The molecule has 41 heavy (non-hydrogen) atoms. The van der Waals surface area contributed by atoms with Crippen molar-refractivity contribution in [3.05, 3.63) is 40.9 Å². The molecule has 1 saturated carbocycles. The lowest BCUT2D eigenvalue weighted by molar-refractivity contribution is -0.906. The Hall–Kier alpha value is -2.57. The highest BCUT2D eigenvalue weighted by atomic mass is 32.1. The van der Waals surface area contributed by atoms with Crippen molar-refractivity contribution in [1.82, 2.24) is 10.3 Å². The van der Waals surface area contributed by atoms with Crippen LogP contribution in [0.3, 0.4) is 0 Å². The van der Waals surface area contributed by atoms with Gasteiger partial charge in [-0.25, -0.2) is 4.98 Å². The number of nitrogens with zero attached hydrogens (tertiary/aromatic N) is 1. The first-order valence-corrected chi connectivity index (χ1v) is 15.5. The van der Waals surface area contributed by atoms with E-state index in [-0.39, 0.29) is 48.7 Å². The number of ether oxygens (including phenoxy) is 2. The third-order valence-electron chi connectivity index (χ3n) is 9.64. The van der Waals surface area contributed by atoms with E-state index in [0.717, 1.165) is 49.8 Å². The lowest BCUT2D eigenvalue weighted by atomic mass is 9.47. The van der Waals surface area contributed by atoms with Crippen molar-refractivity contribution in [2.24, 2.45) is 16.7 Å². The third kappa shape index (κ3) is 6.44. The highest BCUT2D eigenvalue weighted by molar-refractivity contribution is 7.15. The van der Waals surface area contributed by atoms with E-state index < -0.39 is 11.5 Å². The zero-order chi connectivity index (χ0) is 29.0. The monoisotopic (exact) mass is 587 g/mol. The molecule has 0 unspecified atom stereocenters. The number of aromatic nitrogens is 1.